The van der Waals surface area contributed by atoms with Crippen LogP contribution in [0.15, 0.2) is 23.8 Å². The minimum Gasteiger partial charge on any atom is -0.434 e. The molecule has 0 heterocycles. The summed E-state index contributed by atoms with van der Waals surface area (Å²) < 4.78 is 11.2. The Labute approximate surface area is 218 Å². The fourth-order valence-corrected chi connectivity index (χ4v) is 8.71. The molecule has 1 unspecified atom stereocenters. The van der Waals surface area contributed by atoms with Gasteiger partial charge >= 0.3 is 6.16 Å². The van der Waals surface area contributed by atoms with Crippen molar-refractivity contribution in [2.24, 2.45) is 28.6 Å². The van der Waals surface area contributed by atoms with Crippen molar-refractivity contribution in [1.29, 1.82) is 0 Å². The van der Waals surface area contributed by atoms with E-state index in [1.807, 2.05) is 33.8 Å². The Bertz CT molecular complexity index is 990. The van der Waals surface area contributed by atoms with Gasteiger partial charge in [-0.2, -0.15) is 0 Å². The molecule has 0 saturated heterocycles. The standard InChI is InChI=1S/C28H39ClO7/c1-5-6-7-12-35-24(34)36-28(23(33)16-30)17(2)13-21-20-9-8-18-14-19(31)10-11-25(18,3)27(20,29)22(32)15-26(21,28)4/h10-11,14,17,20-22,30,32H,5-9,12-13,15-16H2,1-4H3/t17-,20+,21+,22?,25+,26+,27+,28+/m1/s1. The molecule has 4 rings (SSSR count). The predicted octanol–water partition coefficient (Wildman–Crippen LogP) is 4.52. The summed E-state index contributed by atoms with van der Waals surface area (Å²) in [5.74, 6) is -1.42. The fourth-order valence-electron chi connectivity index (χ4n) is 8.18. The van der Waals surface area contributed by atoms with E-state index in [2.05, 4.69) is 0 Å². The van der Waals surface area contributed by atoms with Crippen LogP contribution in [0.4, 0.5) is 4.79 Å². The molecule has 3 saturated carbocycles. The number of ketones is 2. The van der Waals surface area contributed by atoms with Gasteiger partial charge in [-0.05, 0) is 56.1 Å². The highest BCUT2D eigenvalue weighted by atomic mass is 35.5. The highest BCUT2D eigenvalue weighted by Crippen LogP contribution is 2.72. The second kappa shape index (κ2) is 9.55. The third-order valence-corrected chi connectivity index (χ3v) is 10.9. The number of aliphatic hydroxyl groups is 2. The third-order valence-electron chi connectivity index (χ3n) is 9.95. The van der Waals surface area contributed by atoms with Crippen LogP contribution in [0.3, 0.4) is 0 Å². The van der Waals surface area contributed by atoms with Gasteiger partial charge in [-0.1, -0.05) is 52.2 Å². The first-order valence-electron chi connectivity index (χ1n) is 13.2. The number of halogens is 1. The van der Waals surface area contributed by atoms with Gasteiger partial charge in [-0.3, -0.25) is 9.59 Å². The van der Waals surface area contributed by atoms with Crippen molar-refractivity contribution in [2.75, 3.05) is 13.2 Å². The normalized spacial score (nSPS) is 43.2. The van der Waals surface area contributed by atoms with E-state index in [0.29, 0.717) is 25.7 Å². The topological polar surface area (TPSA) is 110 Å². The SMILES string of the molecule is CCCCCOC(=O)O[C@]1(C(=O)CO)[C@H](C)C[C@H]2[C@@H]3CCC4=CC(=O)C=C[C@]4(C)[C@@]3(Cl)C(O)C[C@@]21C. The van der Waals surface area contributed by atoms with E-state index in [1.165, 1.54) is 6.08 Å². The third kappa shape index (κ3) is 3.64. The van der Waals surface area contributed by atoms with Gasteiger partial charge in [-0.25, -0.2) is 4.79 Å². The van der Waals surface area contributed by atoms with E-state index < -0.39 is 51.9 Å². The molecule has 0 bridgehead atoms. The summed E-state index contributed by atoms with van der Waals surface area (Å²) in [6, 6.07) is 0. The van der Waals surface area contributed by atoms with Crippen LogP contribution in [0.5, 0.6) is 0 Å². The average molecular weight is 523 g/mol. The molecule has 0 radical (unpaired) electrons. The van der Waals surface area contributed by atoms with Crippen molar-refractivity contribution in [3.63, 3.8) is 0 Å². The molecule has 7 nitrogen and oxygen atoms in total. The minimum absolute atomic E-state index is 0.0794. The molecule has 4 aliphatic carbocycles. The van der Waals surface area contributed by atoms with Crippen molar-refractivity contribution >= 4 is 29.3 Å². The Morgan fingerprint density at radius 1 is 1.22 bits per heavy atom. The Morgan fingerprint density at radius 2 is 1.94 bits per heavy atom. The largest absolute Gasteiger partial charge is 0.509 e. The number of alkyl halides is 1. The number of unbranched alkanes of at least 4 members (excludes halogenated alkanes) is 2. The Balaban J connectivity index is 1.72. The lowest BCUT2D eigenvalue weighted by Crippen LogP contribution is -2.69. The molecule has 8 atom stereocenters. The van der Waals surface area contributed by atoms with Crippen LogP contribution in [0.1, 0.15) is 72.6 Å². The lowest BCUT2D eigenvalue weighted by atomic mass is 9.45. The molecule has 0 spiro atoms. The predicted molar refractivity (Wildman–Crippen MR) is 134 cm³/mol. The molecule has 0 amide bonds. The number of aliphatic hydroxyl groups excluding tert-OH is 2. The smallest absolute Gasteiger partial charge is 0.434 e. The average Bonchev–Trinajstić information content (AvgIpc) is 3.04. The summed E-state index contributed by atoms with van der Waals surface area (Å²) in [6.45, 7) is 7.18. The highest BCUT2D eigenvalue weighted by Gasteiger charge is 2.76. The van der Waals surface area contributed by atoms with Crippen molar-refractivity contribution in [3.8, 4) is 0 Å². The van der Waals surface area contributed by atoms with Gasteiger partial charge in [0.1, 0.15) is 6.61 Å². The molecule has 36 heavy (non-hydrogen) atoms. The fraction of sp³-hybridized carbons (Fsp3) is 0.750. The second-order valence-corrected chi connectivity index (χ2v) is 12.3. The molecule has 0 aromatic rings. The Morgan fingerprint density at radius 3 is 2.61 bits per heavy atom. The van der Waals surface area contributed by atoms with Gasteiger partial charge in [-0.15, -0.1) is 11.6 Å². The van der Waals surface area contributed by atoms with Gasteiger partial charge < -0.3 is 19.7 Å². The number of Topliss-reactive ketones (excluding diaryl/α,β-unsaturated/α-hetero) is 1. The second-order valence-electron chi connectivity index (χ2n) is 11.6. The maximum Gasteiger partial charge on any atom is 0.509 e. The number of rotatable bonds is 7. The zero-order valence-electron chi connectivity index (χ0n) is 21.7. The van der Waals surface area contributed by atoms with Crippen LogP contribution in [0, 0.1) is 28.6 Å². The molecular weight excluding hydrogens is 484 g/mol. The monoisotopic (exact) mass is 522 g/mol. The summed E-state index contributed by atoms with van der Waals surface area (Å²) in [4.78, 5) is 37.3. The maximum absolute atomic E-state index is 13.4. The first-order valence-corrected chi connectivity index (χ1v) is 13.6. The number of ether oxygens (including phenoxy) is 2. The van der Waals surface area contributed by atoms with Crippen LogP contribution in [0.25, 0.3) is 0 Å². The molecule has 8 heteroatoms. The Hall–Kier alpha value is -1.70. The zero-order chi connectivity index (χ0) is 26.5. The first-order chi connectivity index (χ1) is 16.9. The van der Waals surface area contributed by atoms with E-state index in [9.17, 15) is 24.6 Å². The van der Waals surface area contributed by atoms with Crippen LogP contribution in [-0.4, -0.2) is 57.7 Å². The van der Waals surface area contributed by atoms with Gasteiger partial charge in [0.05, 0.1) is 17.6 Å². The molecule has 3 fully saturated rings. The number of carbonyl (C=O) groups is 3. The number of fused-ring (bicyclic) bond motifs is 5. The zero-order valence-corrected chi connectivity index (χ0v) is 22.5. The molecule has 0 aliphatic heterocycles. The number of hydrogen-bond acceptors (Lipinski definition) is 7. The van der Waals surface area contributed by atoms with Crippen molar-refractivity contribution < 1.29 is 34.1 Å². The van der Waals surface area contributed by atoms with Gasteiger partial charge in [0, 0.05) is 16.7 Å². The van der Waals surface area contributed by atoms with E-state index in [0.717, 1.165) is 18.4 Å². The van der Waals surface area contributed by atoms with Gasteiger partial charge in [0.2, 0.25) is 5.78 Å². The first kappa shape index (κ1) is 27.3. The molecule has 4 aliphatic rings. The summed E-state index contributed by atoms with van der Waals surface area (Å²) in [7, 11) is 0. The molecule has 0 aromatic carbocycles. The molecule has 0 aromatic heterocycles. The maximum atomic E-state index is 13.4. The van der Waals surface area contributed by atoms with E-state index in [4.69, 9.17) is 21.1 Å². The van der Waals surface area contributed by atoms with Crippen LogP contribution in [0.2, 0.25) is 0 Å². The van der Waals surface area contributed by atoms with E-state index in [-0.39, 0.29) is 30.6 Å². The molecule has 200 valence electrons. The highest BCUT2D eigenvalue weighted by molar-refractivity contribution is 6.26. The summed E-state index contributed by atoms with van der Waals surface area (Å²) >= 11 is 7.46. The number of allylic oxidation sites excluding steroid dienone is 4. The van der Waals surface area contributed by atoms with Crippen LogP contribution < -0.4 is 0 Å². The van der Waals surface area contributed by atoms with E-state index in [1.54, 1.807) is 6.08 Å². The lowest BCUT2D eigenvalue weighted by Gasteiger charge is -2.64. The lowest BCUT2D eigenvalue weighted by molar-refractivity contribution is -0.185. The molecule has 2 N–H and O–H groups in total. The Kier molecular flexibility index (Phi) is 7.26. The minimum atomic E-state index is -1.64. The number of hydrogen-bond donors (Lipinski definition) is 2. The van der Waals surface area contributed by atoms with Crippen molar-refractivity contribution in [1.82, 2.24) is 0 Å². The van der Waals surface area contributed by atoms with Crippen molar-refractivity contribution in [3.05, 3.63) is 23.8 Å². The van der Waals surface area contributed by atoms with Gasteiger partial charge in [0.25, 0.3) is 0 Å². The summed E-state index contributed by atoms with van der Waals surface area (Å²) in [5, 5.41) is 21.7. The molecular formula is C28H39ClO7. The van der Waals surface area contributed by atoms with Crippen molar-refractivity contribution in [2.45, 2.75) is 89.2 Å². The van der Waals surface area contributed by atoms with Crippen LogP contribution in [-0.2, 0) is 19.1 Å². The summed E-state index contributed by atoms with van der Waals surface area (Å²) in [6.07, 6.45) is 7.54. The summed E-state index contributed by atoms with van der Waals surface area (Å²) in [5.41, 5.74) is -2.40. The quantitative estimate of drug-likeness (QED) is 0.287. The van der Waals surface area contributed by atoms with E-state index >= 15 is 0 Å². The number of carbonyl (C=O) groups excluding carboxylic acids is 3. The van der Waals surface area contributed by atoms with Crippen LogP contribution >= 0.6 is 11.6 Å². The van der Waals surface area contributed by atoms with Gasteiger partial charge in [0.15, 0.2) is 11.4 Å².